The Kier molecular flexibility index (Phi) is 6.91. The summed E-state index contributed by atoms with van der Waals surface area (Å²) < 4.78 is 29.9. The number of rotatable bonds is 8. The molecule has 1 aliphatic heterocycles. The Labute approximate surface area is 124 Å². The summed E-state index contributed by atoms with van der Waals surface area (Å²) in [5.41, 5.74) is -0.348. The van der Waals surface area contributed by atoms with Gasteiger partial charge in [-0.3, -0.25) is 0 Å². The Morgan fingerprint density at radius 1 is 1.20 bits per heavy atom. The highest BCUT2D eigenvalue weighted by Crippen LogP contribution is 2.22. The molecule has 1 saturated heterocycles. The molecule has 1 rings (SSSR count). The summed E-state index contributed by atoms with van der Waals surface area (Å²) >= 11 is 0. The summed E-state index contributed by atoms with van der Waals surface area (Å²) in [7, 11) is -3.40. The van der Waals surface area contributed by atoms with Crippen LogP contribution < -0.4 is 10.0 Å². The maximum Gasteiger partial charge on any atom is 0.280 e. The SMILES string of the molecule is CCNCC1CCCCN1S(=O)(=O)NC(C)(CC)CC. The molecule has 0 radical (unpaired) electrons. The average molecular weight is 305 g/mol. The van der Waals surface area contributed by atoms with Crippen LogP contribution in [0.2, 0.25) is 0 Å². The molecule has 6 heteroatoms. The van der Waals surface area contributed by atoms with Gasteiger partial charge in [-0.15, -0.1) is 0 Å². The zero-order valence-electron chi connectivity index (χ0n) is 13.4. The van der Waals surface area contributed by atoms with Crippen LogP contribution in [-0.4, -0.2) is 43.9 Å². The normalized spacial score (nSPS) is 22.1. The molecule has 0 aromatic carbocycles. The lowest BCUT2D eigenvalue weighted by Gasteiger charge is -2.38. The van der Waals surface area contributed by atoms with Gasteiger partial charge in [0, 0.05) is 24.7 Å². The molecule has 2 N–H and O–H groups in total. The Balaban J connectivity index is 2.81. The topological polar surface area (TPSA) is 61.4 Å². The molecule has 1 atom stereocenters. The van der Waals surface area contributed by atoms with Gasteiger partial charge in [0.1, 0.15) is 0 Å². The molecule has 0 spiro atoms. The summed E-state index contributed by atoms with van der Waals surface area (Å²) in [6, 6.07) is 0.0826. The van der Waals surface area contributed by atoms with Gasteiger partial charge in [-0.1, -0.05) is 27.2 Å². The molecule has 0 aromatic rings. The Morgan fingerprint density at radius 2 is 1.85 bits per heavy atom. The second-order valence-corrected chi connectivity index (χ2v) is 7.57. The molecule has 0 bridgehead atoms. The lowest BCUT2D eigenvalue weighted by Crippen LogP contribution is -2.57. The van der Waals surface area contributed by atoms with Crippen LogP contribution in [-0.2, 0) is 10.2 Å². The van der Waals surface area contributed by atoms with E-state index in [1.807, 2.05) is 27.7 Å². The van der Waals surface area contributed by atoms with Gasteiger partial charge < -0.3 is 5.32 Å². The lowest BCUT2D eigenvalue weighted by molar-refractivity contribution is 0.237. The number of hydrogen-bond donors (Lipinski definition) is 2. The highest BCUT2D eigenvalue weighted by atomic mass is 32.2. The molecule has 1 unspecified atom stereocenters. The number of nitrogens with zero attached hydrogens (tertiary/aromatic N) is 1. The molecular formula is C14H31N3O2S. The fraction of sp³-hybridized carbons (Fsp3) is 1.00. The largest absolute Gasteiger partial charge is 0.315 e. The van der Waals surface area contributed by atoms with Crippen molar-refractivity contribution in [2.45, 2.75) is 71.4 Å². The third-order valence-electron chi connectivity index (χ3n) is 4.45. The summed E-state index contributed by atoms with van der Waals surface area (Å²) in [6.07, 6.45) is 4.62. The Hall–Kier alpha value is -0.170. The number of nitrogens with one attached hydrogen (secondary N) is 2. The molecule has 5 nitrogen and oxygen atoms in total. The minimum atomic E-state index is -3.40. The highest BCUT2D eigenvalue weighted by molar-refractivity contribution is 7.87. The molecule has 0 amide bonds. The van der Waals surface area contributed by atoms with E-state index in [1.54, 1.807) is 4.31 Å². The summed E-state index contributed by atoms with van der Waals surface area (Å²) in [6.45, 7) is 10.3. The minimum Gasteiger partial charge on any atom is -0.315 e. The third kappa shape index (κ3) is 4.69. The van der Waals surface area contributed by atoms with Gasteiger partial charge in [-0.2, -0.15) is 17.4 Å². The van der Waals surface area contributed by atoms with Crippen LogP contribution in [0.15, 0.2) is 0 Å². The van der Waals surface area contributed by atoms with Gasteiger partial charge in [-0.05, 0) is 39.2 Å². The van der Waals surface area contributed by atoms with Crippen LogP contribution in [0.3, 0.4) is 0 Å². The zero-order valence-corrected chi connectivity index (χ0v) is 14.2. The van der Waals surface area contributed by atoms with Crippen molar-refractivity contribution in [3.05, 3.63) is 0 Å². The van der Waals surface area contributed by atoms with Crippen LogP contribution in [0, 0.1) is 0 Å². The fourth-order valence-electron chi connectivity index (χ4n) is 2.57. The zero-order chi connectivity index (χ0) is 15.2. The van der Waals surface area contributed by atoms with E-state index in [-0.39, 0.29) is 11.6 Å². The van der Waals surface area contributed by atoms with Gasteiger partial charge >= 0.3 is 0 Å². The van der Waals surface area contributed by atoms with E-state index in [9.17, 15) is 8.42 Å². The predicted octanol–water partition coefficient (Wildman–Crippen LogP) is 1.86. The lowest BCUT2D eigenvalue weighted by atomic mass is 9.98. The Morgan fingerprint density at radius 3 is 2.40 bits per heavy atom. The second kappa shape index (κ2) is 7.73. The first kappa shape index (κ1) is 17.9. The minimum absolute atomic E-state index is 0.0826. The maximum atomic E-state index is 12.7. The number of piperidine rings is 1. The van der Waals surface area contributed by atoms with E-state index >= 15 is 0 Å². The van der Waals surface area contributed by atoms with Gasteiger partial charge in [-0.25, -0.2) is 0 Å². The van der Waals surface area contributed by atoms with Crippen LogP contribution in [0.1, 0.15) is 59.8 Å². The van der Waals surface area contributed by atoms with E-state index in [4.69, 9.17) is 0 Å². The fourth-order valence-corrected chi connectivity index (χ4v) is 4.54. The van der Waals surface area contributed by atoms with Crippen molar-refractivity contribution < 1.29 is 8.42 Å². The van der Waals surface area contributed by atoms with Crippen LogP contribution in [0.25, 0.3) is 0 Å². The van der Waals surface area contributed by atoms with Crippen molar-refractivity contribution in [2.24, 2.45) is 0 Å². The van der Waals surface area contributed by atoms with Gasteiger partial charge in [0.25, 0.3) is 10.2 Å². The van der Waals surface area contributed by atoms with E-state index in [1.165, 1.54) is 0 Å². The van der Waals surface area contributed by atoms with Crippen molar-refractivity contribution >= 4 is 10.2 Å². The standard InChI is InChI=1S/C14H31N3O2S/c1-5-14(4,6-2)16-20(18,19)17-11-9-8-10-13(17)12-15-7-3/h13,15-16H,5-12H2,1-4H3. The quantitative estimate of drug-likeness (QED) is 0.719. The van der Waals surface area contributed by atoms with E-state index < -0.39 is 10.2 Å². The first-order valence-electron chi connectivity index (χ1n) is 7.90. The molecular weight excluding hydrogens is 274 g/mol. The van der Waals surface area contributed by atoms with Crippen molar-refractivity contribution in [1.82, 2.24) is 14.3 Å². The van der Waals surface area contributed by atoms with Crippen molar-refractivity contribution in [1.29, 1.82) is 0 Å². The number of likely N-dealkylation sites (N-methyl/N-ethyl adjacent to an activating group) is 1. The third-order valence-corrected chi connectivity index (χ3v) is 6.30. The van der Waals surface area contributed by atoms with Crippen LogP contribution in [0.5, 0.6) is 0 Å². The monoisotopic (exact) mass is 305 g/mol. The van der Waals surface area contributed by atoms with Gasteiger partial charge in [0.2, 0.25) is 0 Å². The number of hydrogen-bond acceptors (Lipinski definition) is 3. The van der Waals surface area contributed by atoms with Crippen molar-refractivity contribution in [3.8, 4) is 0 Å². The molecule has 1 aliphatic rings. The van der Waals surface area contributed by atoms with Gasteiger partial charge in [0.05, 0.1) is 0 Å². The van der Waals surface area contributed by atoms with E-state index in [0.29, 0.717) is 6.54 Å². The molecule has 1 fully saturated rings. The van der Waals surface area contributed by atoms with Gasteiger partial charge in [0.15, 0.2) is 0 Å². The first-order valence-corrected chi connectivity index (χ1v) is 9.34. The van der Waals surface area contributed by atoms with Crippen molar-refractivity contribution in [3.63, 3.8) is 0 Å². The molecule has 20 heavy (non-hydrogen) atoms. The Bertz CT molecular complexity index is 380. The van der Waals surface area contributed by atoms with Crippen LogP contribution >= 0.6 is 0 Å². The van der Waals surface area contributed by atoms with E-state index in [2.05, 4.69) is 10.0 Å². The summed E-state index contributed by atoms with van der Waals surface area (Å²) in [5.74, 6) is 0. The summed E-state index contributed by atoms with van der Waals surface area (Å²) in [5, 5.41) is 3.28. The average Bonchev–Trinajstić information content (AvgIpc) is 2.44. The predicted molar refractivity (Wildman–Crippen MR) is 83.9 cm³/mol. The molecule has 120 valence electrons. The van der Waals surface area contributed by atoms with Crippen LogP contribution in [0.4, 0.5) is 0 Å². The maximum absolute atomic E-state index is 12.7. The van der Waals surface area contributed by atoms with Crippen molar-refractivity contribution in [2.75, 3.05) is 19.6 Å². The highest BCUT2D eigenvalue weighted by Gasteiger charge is 2.35. The van der Waals surface area contributed by atoms with E-state index in [0.717, 1.165) is 45.2 Å². The second-order valence-electron chi connectivity index (χ2n) is 5.94. The molecule has 0 saturated carbocycles. The molecule has 1 heterocycles. The molecule has 0 aromatic heterocycles. The first-order chi connectivity index (χ1) is 9.38. The molecule has 0 aliphatic carbocycles. The smallest absolute Gasteiger partial charge is 0.280 e. The summed E-state index contributed by atoms with van der Waals surface area (Å²) in [4.78, 5) is 0.